The Kier molecular flexibility index (Phi) is 4.46. The van der Waals surface area contributed by atoms with Crippen LogP contribution in [0.15, 0.2) is 29.8 Å². The van der Waals surface area contributed by atoms with Crippen LogP contribution in [0.5, 0.6) is 0 Å². The molecule has 0 spiro atoms. The number of nitrogens with one attached hydrogen (secondary N) is 1. The molecule has 1 rings (SSSR count). The van der Waals surface area contributed by atoms with E-state index in [1.165, 1.54) is 5.56 Å². The van der Waals surface area contributed by atoms with Crippen LogP contribution in [0.25, 0.3) is 0 Å². The highest BCUT2D eigenvalue weighted by atomic mass is 35.5. The first-order valence-electron chi connectivity index (χ1n) is 4.38. The van der Waals surface area contributed by atoms with Crippen molar-refractivity contribution in [3.05, 3.63) is 46.0 Å². The number of hydrogen-bond acceptors (Lipinski definition) is 1. The molecule has 0 radical (unpaired) electrons. The molecular weight excluding hydrogens is 217 g/mol. The van der Waals surface area contributed by atoms with Crippen molar-refractivity contribution in [3.63, 3.8) is 0 Å². The second kappa shape index (κ2) is 5.40. The molecule has 0 aromatic heterocycles. The van der Waals surface area contributed by atoms with Crippen LogP contribution in [0.2, 0.25) is 5.02 Å². The van der Waals surface area contributed by atoms with Crippen LogP contribution in [-0.4, -0.2) is 6.54 Å². The normalized spacial score (nSPS) is 10.2. The summed E-state index contributed by atoms with van der Waals surface area (Å²) in [5.41, 5.74) is 2.29. The van der Waals surface area contributed by atoms with Crippen LogP contribution < -0.4 is 5.32 Å². The summed E-state index contributed by atoms with van der Waals surface area (Å²) in [6, 6.07) is 5.97. The minimum Gasteiger partial charge on any atom is -0.308 e. The summed E-state index contributed by atoms with van der Waals surface area (Å²) in [5, 5.41) is 4.60. The van der Waals surface area contributed by atoms with Gasteiger partial charge < -0.3 is 5.32 Å². The van der Waals surface area contributed by atoms with Gasteiger partial charge in [0.2, 0.25) is 0 Å². The third-order valence-corrected chi connectivity index (χ3v) is 2.43. The van der Waals surface area contributed by atoms with Crippen LogP contribution in [-0.2, 0) is 6.54 Å². The molecule has 1 aromatic rings. The van der Waals surface area contributed by atoms with Crippen molar-refractivity contribution in [3.8, 4) is 0 Å². The average Bonchev–Trinajstić information content (AvgIpc) is 2.10. The highest BCUT2D eigenvalue weighted by Gasteiger charge is 1.97. The van der Waals surface area contributed by atoms with Crippen LogP contribution >= 0.6 is 23.2 Å². The maximum absolute atomic E-state index is 5.91. The molecule has 0 amide bonds. The second-order valence-corrected chi connectivity index (χ2v) is 4.15. The fourth-order valence-corrected chi connectivity index (χ4v) is 1.37. The largest absolute Gasteiger partial charge is 0.308 e. The van der Waals surface area contributed by atoms with Gasteiger partial charge in [0.1, 0.15) is 0 Å². The Morgan fingerprint density at radius 2 is 2.21 bits per heavy atom. The molecule has 0 saturated carbocycles. The zero-order chi connectivity index (χ0) is 10.6. The Bertz CT molecular complexity index is 334. The average molecular weight is 230 g/mol. The van der Waals surface area contributed by atoms with E-state index >= 15 is 0 Å². The molecule has 76 valence electrons. The van der Waals surface area contributed by atoms with Gasteiger partial charge in [-0.2, -0.15) is 0 Å². The molecule has 3 heteroatoms. The van der Waals surface area contributed by atoms with E-state index < -0.39 is 0 Å². The summed E-state index contributed by atoms with van der Waals surface area (Å²) in [4.78, 5) is 0. The molecule has 0 aliphatic carbocycles. The maximum Gasteiger partial charge on any atom is 0.0435 e. The molecule has 0 saturated heterocycles. The lowest BCUT2D eigenvalue weighted by molar-refractivity contribution is 0.754. The van der Waals surface area contributed by atoms with Crippen LogP contribution in [0, 0.1) is 6.92 Å². The van der Waals surface area contributed by atoms with E-state index in [4.69, 9.17) is 23.2 Å². The quantitative estimate of drug-likeness (QED) is 0.834. The maximum atomic E-state index is 5.91. The van der Waals surface area contributed by atoms with Crippen LogP contribution in [0.4, 0.5) is 0 Å². The Morgan fingerprint density at radius 1 is 1.50 bits per heavy atom. The van der Waals surface area contributed by atoms with Crippen molar-refractivity contribution in [1.82, 2.24) is 5.32 Å². The molecule has 0 unspecified atom stereocenters. The molecule has 0 atom stereocenters. The minimum absolute atomic E-state index is 0.621. The molecule has 0 aliphatic rings. The zero-order valence-corrected chi connectivity index (χ0v) is 9.62. The third kappa shape index (κ3) is 3.70. The van der Waals surface area contributed by atoms with E-state index in [-0.39, 0.29) is 0 Å². The van der Waals surface area contributed by atoms with Gasteiger partial charge in [-0.05, 0) is 24.1 Å². The van der Waals surface area contributed by atoms with Gasteiger partial charge in [0.25, 0.3) is 0 Å². The lowest BCUT2D eigenvalue weighted by Crippen LogP contribution is -2.14. The van der Waals surface area contributed by atoms with Gasteiger partial charge >= 0.3 is 0 Å². The van der Waals surface area contributed by atoms with E-state index in [2.05, 4.69) is 18.0 Å². The predicted octanol–water partition coefficient (Wildman–Crippen LogP) is 3.49. The van der Waals surface area contributed by atoms with E-state index in [0.29, 0.717) is 11.6 Å². The third-order valence-electron chi connectivity index (χ3n) is 1.87. The molecule has 14 heavy (non-hydrogen) atoms. The fourth-order valence-electron chi connectivity index (χ4n) is 1.16. The Balaban J connectivity index is 2.51. The van der Waals surface area contributed by atoms with Crippen molar-refractivity contribution in [2.24, 2.45) is 0 Å². The fraction of sp³-hybridized carbons (Fsp3) is 0.273. The molecule has 0 aliphatic heterocycles. The number of benzene rings is 1. The smallest absolute Gasteiger partial charge is 0.0435 e. The Hall–Kier alpha value is -0.500. The Morgan fingerprint density at radius 3 is 2.79 bits per heavy atom. The first-order chi connectivity index (χ1) is 6.59. The SMILES string of the molecule is C=C(Cl)CNCc1ccc(Cl)c(C)c1. The summed E-state index contributed by atoms with van der Waals surface area (Å²) in [6.07, 6.45) is 0. The topological polar surface area (TPSA) is 12.0 Å². The summed E-state index contributed by atoms with van der Waals surface area (Å²) in [7, 11) is 0. The summed E-state index contributed by atoms with van der Waals surface area (Å²) in [5.74, 6) is 0. The summed E-state index contributed by atoms with van der Waals surface area (Å²) in [6.45, 7) is 7.00. The van der Waals surface area contributed by atoms with Gasteiger partial charge in [0.15, 0.2) is 0 Å². The number of hydrogen-bond donors (Lipinski definition) is 1. The standard InChI is InChI=1S/C11H13Cl2N/c1-8-5-10(3-4-11(8)13)7-14-6-9(2)12/h3-5,14H,2,6-7H2,1H3. The van der Waals surface area contributed by atoms with Crippen molar-refractivity contribution >= 4 is 23.2 Å². The highest BCUT2D eigenvalue weighted by molar-refractivity contribution is 6.31. The highest BCUT2D eigenvalue weighted by Crippen LogP contribution is 2.16. The number of rotatable bonds is 4. The molecule has 1 aromatic carbocycles. The van der Waals surface area contributed by atoms with Gasteiger partial charge in [0, 0.05) is 23.1 Å². The number of aryl methyl sites for hydroxylation is 1. The first kappa shape index (κ1) is 11.6. The van der Waals surface area contributed by atoms with Gasteiger partial charge in [-0.1, -0.05) is 41.9 Å². The first-order valence-corrected chi connectivity index (χ1v) is 5.14. The molecule has 0 bridgehead atoms. The van der Waals surface area contributed by atoms with Crippen molar-refractivity contribution in [2.75, 3.05) is 6.54 Å². The lowest BCUT2D eigenvalue weighted by Gasteiger charge is -2.05. The van der Waals surface area contributed by atoms with Gasteiger partial charge in [-0.25, -0.2) is 0 Å². The van der Waals surface area contributed by atoms with Crippen molar-refractivity contribution in [1.29, 1.82) is 0 Å². The van der Waals surface area contributed by atoms with Crippen LogP contribution in [0.1, 0.15) is 11.1 Å². The molecule has 0 heterocycles. The van der Waals surface area contributed by atoms with Crippen molar-refractivity contribution < 1.29 is 0 Å². The lowest BCUT2D eigenvalue weighted by atomic mass is 10.1. The minimum atomic E-state index is 0.621. The van der Waals surface area contributed by atoms with Gasteiger partial charge in [0.05, 0.1) is 0 Å². The van der Waals surface area contributed by atoms with Crippen LogP contribution in [0.3, 0.4) is 0 Å². The predicted molar refractivity (Wildman–Crippen MR) is 62.9 cm³/mol. The van der Waals surface area contributed by atoms with Gasteiger partial charge in [-0.15, -0.1) is 0 Å². The summed E-state index contributed by atoms with van der Waals surface area (Å²) >= 11 is 11.5. The molecule has 1 N–H and O–H groups in total. The Labute approximate surface area is 94.7 Å². The summed E-state index contributed by atoms with van der Waals surface area (Å²) < 4.78 is 0. The van der Waals surface area contributed by atoms with E-state index in [0.717, 1.165) is 17.1 Å². The number of halogens is 2. The van der Waals surface area contributed by atoms with Gasteiger partial charge in [-0.3, -0.25) is 0 Å². The molecule has 1 nitrogen and oxygen atoms in total. The second-order valence-electron chi connectivity index (χ2n) is 3.20. The van der Waals surface area contributed by atoms with E-state index in [1.807, 2.05) is 19.1 Å². The van der Waals surface area contributed by atoms with Crippen molar-refractivity contribution in [2.45, 2.75) is 13.5 Å². The molecule has 0 fully saturated rings. The van der Waals surface area contributed by atoms with E-state index in [9.17, 15) is 0 Å². The zero-order valence-electron chi connectivity index (χ0n) is 8.11. The molecular formula is C11H13Cl2N. The van der Waals surface area contributed by atoms with E-state index in [1.54, 1.807) is 0 Å². The monoisotopic (exact) mass is 229 g/mol.